The number of nitrogens with one attached hydrogen (secondary N) is 1. The number of morpholine rings is 1. The average Bonchev–Trinajstić information content (AvgIpc) is 2.96. The molecule has 0 saturated carbocycles. The van der Waals surface area contributed by atoms with Crippen molar-refractivity contribution in [3.63, 3.8) is 0 Å². The van der Waals surface area contributed by atoms with E-state index < -0.39 is 6.10 Å². The molecule has 20 heavy (non-hydrogen) atoms. The zero-order valence-corrected chi connectivity index (χ0v) is 11.8. The van der Waals surface area contributed by atoms with Crippen molar-refractivity contribution < 1.29 is 9.84 Å². The number of benzene rings is 1. The largest absolute Gasteiger partial charge is 0.388 e. The quantitative estimate of drug-likeness (QED) is 0.890. The van der Waals surface area contributed by atoms with Crippen molar-refractivity contribution in [2.45, 2.75) is 19.4 Å². The van der Waals surface area contributed by atoms with Crippen molar-refractivity contribution >= 4 is 10.9 Å². The number of H-pyrrole nitrogens is 1. The van der Waals surface area contributed by atoms with Gasteiger partial charge in [0.2, 0.25) is 0 Å². The van der Waals surface area contributed by atoms with E-state index in [9.17, 15) is 5.11 Å². The molecule has 1 atom stereocenters. The highest BCUT2D eigenvalue weighted by Crippen LogP contribution is 2.26. The average molecular weight is 275 g/mol. The maximum atomic E-state index is 10.4. The molecular formula is C15H21N3O2. The Balaban J connectivity index is 1.68. The van der Waals surface area contributed by atoms with E-state index in [0.29, 0.717) is 0 Å². The monoisotopic (exact) mass is 275 g/mol. The zero-order chi connectivity index (χ0) is 13.9. The van der Waals surface area contributed by atoms with Crippen LogP contribution in [0, 0.1) is 6.92 Å². The summed E-state index contributed by atoms with van der Waals surface area (Å²) in [6.45, 7) is 6.49. The summed E-state index contributed by atoms with van der Waals surface area (Å²) < 4.78 is 5.34. The number of nitrogens with zero attached hydrogens (tertiary/aromatic N) is 2. The fourth-order valence-electron chi connectivity index (χ4n) is 2.82. The Bertz CT molecular complexity index is 576. The summed E-state index contributed by atoms with van der Waals surface area (Å²) in [5, 5.41) is 18.5. The van der Waals surface area contributed by atoms with Crippen LogP contribution in [0.25, 0.3) is 10.9 Å². The number of aliphatic hydroxyl groups is 1. The van der Waals surface area contributed by atoms with Crippen molar-refractivity contribution in [2.24, 2.45) is 0 Å². The molecule has 1 unspecified atom stereocenters. The van der Waals surface area contributed by atoms with Gasteiger partial charge < -0.3 is 9.84 Å². The lowest BCUT2D eigenvalue weighted by molar-refractivity contribution is 0.0300. The Kier molecular flexibility index (Phi) is 4.00. The standard InChI is InChI=1S/C15H21N3O2/c1-11-12(2-3-14-13(11)10-16-17-14)15(19)4-5-18-6-8-20-9-7-18/h2-3,10,15,19H,4-9H2,1H3,(H,16,17). The van der Waals surface area contributed by atoms with Crippen LogP contribution in [-0.4, -0.2) is 53.1 Å². The number of aliphatic hydroxyl groups excluding tert-OH is 1. The van der Waals surface area contributed by atoms with Gasteiger partial charge in [-0.15, -0.1) is 0 Å². The van der Waals surface area contributed by atoms with Gasteiger partial charge >= 0.3 is 0 Å². The molecule has 5 nitrogen and oxygen atoms in total. The number of aromatic nitrogens is 2. The maximum absolute atomic E-state index is 10.4. The van der Waals surface area contributed by atoms with Crippen LogP contribution in [0.4, 0.5) is 0 Å². The molecule has 0 spiro atoms. The van der Waals surface area contributed by atoms with E-state index >= 15 is 0 Å². The molecule has 1 aliphatic rings. The summed E-state index contributed by atoms with van der Waals surface area (Å²) in [7, 11) is 0. The number of aromatic amines is 1. The van der Waals surface area contributed by atoms with Gasteiger partial charge in [0.05, 0.1) is 31.0 Å². The number of hydrogen-bond donors (Lipinski definition) is 2. The number of fused-ring (bicyclic) bond motifs is 1. The van der Waals surface area contributed by atoms with E-state index in [1.165, 1.54) is 0 Å². The summed E-state index contributed by atoms with van der Waals surface area (Å²) in [5.41, 5.74) is 3.14. The van der Waals surface area contributed by atoms with E-state index in [2.05, 4.69) is 15.1 Å². The van der Waals surface area contributed by atoms with Gasteiger partial charge in [-0.05, 0) is 30.5 Å². The van der Waals surface area contributed by atoms with Crippen LogP contribution in [0.2, 0.25) is 0 Å². The molecule has 0 aliphatic carbocycles. The first kappa shape index (κ1) is 13.5. The van der Waals surface area contributed by atoms with E-state index in [1.54, 1.807) is 0 Å². The highest BCUT2D eigenvalue weighted by molar-refractivity contribution is 5.82. The second-order valence-corrected chi connectivity index (χ2v) is 5.37. The van der Waals surface area contributed by atoms with Crippen molar-refractivity contribution in [3.05, 3.63) is 29.5 Å². The van der Waals surface area contributed by atoms with Gasteiger partial charge in [0.25, 0.3) is 0 Å². The van der Waals surface area contributed by atoms with Crippen LogP contribution in [-0.2, 0) is 4.74 Å². The number of rotatable bonds is 4. The van der Waals surface area contributed by atoms with E-state index in [1.807, 2.05) is 25.3 Å². The molecule has 1 aromatic carbocycles. The van der Waals surface area contributed by atoms with Crippen LogP contribution in [0.1, 0.15) is 23.7 Å². The van der Waals surface area contributed by atoms with Gasteiger partial charge in [0, 0.05) is 25.0 Å². The SMILES string of the molecule is Cc1c(C(O)CCN2CCOCC2)ccc2[nH]ncc12. The van der Waals surface area contributed by atoms with Gasteiger partial charge in [-0.2, -0.15) is 5.10 Å². The molecule has 0 radical (unpaired) electrons. The van der Waals surface area contributed by atoms with Crippen LogP contribution in [0.15, 0.2) is 18.3 Å². The number of aryl methyl sites for hydroxylation is 1. The minimum atomic E-state index is -0.419. The van der Waals surface area contributed by atoms with Gasteiger partial charge in [-0.1, -0.05) is 6.07 Å². The number of ether oxygens (including phenoxy) is 1. The molecule has 5 heteroatoms. The zero-order valence-electron chi connectivity index (χ0n) is 11.8. The third kappa shape index (κ3) is 2.70. The topological polar surface area (TPSA) is 61.4 Å². The Hall–Kier alpha value is -1.43. The van der Waals surface area contributed by atoms with Crippen LogP contribution in [0.5, 0.6) is 0 Å². The lowest BCUT2D eigenvalue weighted by Gasteiger charge is -2.27. The summed E-state index contributed by atoms with van der Waals surface area (Å²) in [4.78, 5) is 2.35. The van der Waals surface area contributed by atoms with E-state index in [4.69, 9.17) is 4.74 Å². The van der Waals surface area contributed by atoms with Gasteiger partial charge in [0.15, 0.2) is 0 Å². The lowest BCUT2D eigenvalue weighted by atomic mass is 9.98. The third-order valence-corrected chi connectivity index (χ3v) is 4.12. The fourth-order valence-corrected chi connectivity index (χ4v) is 2.82. The summed E-state index contributed by atoms with van der Waals surface area (Å²) in [6, 6.07) is 3.99. The lowest BCUT2D eigenvalue weighted by Crippen LogP contribution is -2.37. The molecule has 108 valence electrons. The van der Waals surface area contributed by atoms with Gasteiger partial charge in [-0.25, -0.2) is 0 Å². The molecule has 1 saturated heterocycles. The maximum Gasteiger partial charge on any atom is 0.0805 e. The smallest absolute Gasteiger partial charge is 0.0805 e. The molecule has 2 N–H and O–H groups in total. The Labute approximate surface area is 118 Å². The second-order valence-electron chi connectivity index (χ2n) is 5.37. The molecule has 0 bridgehead atoms. The first-order valence-corrected chi connectivity index (χ1v) is 7.16. The second kappa shape index (κ2) is 5.91. The molecule has 3 rings (SSSR count). The van der Waals surface area contributed by atoms with Crippen LogP contribution >= 0.6 is 0 Å². The molecule has 1 aliphatic heterocycles. The van der Waals surface area contributed by atoms with Gasteiger partial charge in [-0.3, -0.25) is 10.00 Å². The van der Waals surface area contributed by atoms with Crippen molar-refractivity contribution in [3.8, 4) is 0 Å². The molecule has 1 aromatic heterocycles. The first-order valence-electron chi connectivity index (χ1n) is 7.16. The molecule has 1 fully saturated rings. The minimum absolute atomic E-state index is 0.419. The first-order chi connectivity index (χ1) is 9.75. The van der Waals surface area contributed by atoms with E-state index in [-0.39, 0.29) is 0 Å². The minimum Gasteiger partial charge on any atom is -0.388 e. The van der Waals surface area contributed by atoms with Crippen molar-refractivity contribution in [2.75, 3.05) is 32.8 Å². The predicted octanol–water partition coefficient (Wildman–Crippen LogP) is 1.63. The van der Waals surface area contributed by atoms with E-state index in [0.717, 1.165) is 61.3 Å². The summed E-state index contributed by atoms with van der Waals surface area (Å²) in [6.07, 6.45) is 2.16. The van der Waals surface area contributed by atoms with Crippen molar-refractivity contribution in [1.29, 1.82) is 0 Å². The highest BCUT2D eigenvalue weighted by atomic mass is 16.5. The fraction of sp³-hybridized carbons (Fsp3) is 0.533. The number of hydrogen-bond acceptors (Lipinski definition) is 4. The molecule has 0 amide bonds. The summed E-state index contributed by atoms with van der Waals surface area (Å²) in [5.74, 6) is 0. The Morgan fingerprint density at radius 3 is 3.00 bits per heavy atom. The summed E-state index contributed by atoms with van der Waals surface area (Å²) >= 11 is 0. The predicted molar refractivity (Wildman–Crippen MR) is 77.7 cm³/mol. The molecular weight excluding hydrogens is 254 g/mol. The molecule has 2 aromatic rings. The molecule has 2 heterocycles. The van der Waals surface area contributed by atoms with Crippen molar-refractivity contribution in [1.82, 2.24) is 15.1 Å². The highest BCUT2D eigenvalue weighted by Gasteiger charge is 2.16. The van der Waals surface area contributed by atoms with Crippen LogP contribution in [0.3, 0.4) is 0 Å². The Morgan fingerprint density at radius 1 is 1.40 bits per heavy atom. The normalized spacial score (nSPS) is 18.5. The van der Waals surface area contributed by atoms with Crippen LogP contribution < -0.4 is 0 Å². The van der Waals surface area contributed by atoms with Gasteiger partial charge in [0.1, 0.15) is 0 Å². The Morgan fingerprint density at radius 2 is 2.20 bits per heavy atom. The third-order valence-electron chi connectivity index (χ3n) is 4.12.